The number of anilines is 1. The van der Waals surface area contributed by atoms with Crippen molar-refractivity contribution in [3.8, 4) is 11.6 Å². The van der Waals surface area contributed by atoms with Crippen LogP contribution in [0.5, 0.6) is 11.6 Å². The lowest BCUT2D eigenvalue weighted by molar-refractivity contribution is -0.107. The van der Waals surface area contributed by atoms with Crippen LogP contribution >= 0.6 is 0 Å². The molecule has 0 unspecified atom stereocenters. The molecule has 4 nitrogen and oxygen atoms in total. The number of aromatic nitrogens is 1. The van der Waals surface area contributed by atoms with Gasteiger partial charge in [-0.3, -0.25) is 0 Å². The van der Waals surface area contributed by atoms with Crippen molar-refractivity contribution in [2.75, 3.05) is 5.32 Å². The molecule has 1 heterocycles. The number of pyridine rings is 1. The SMILES string of the molecule is CC(C)Nc1cccc(Oc2ccc3cc(CC=O)ccc3n2)c1. The summed E-state index contributed by atoms with van der Waals surface area (Å²) in [6.07, 6.45) is 1.33. The zero-order valence-corrected chi connectivity index (χ0v) is 13.8. The van der Waals surface area contributed by atoms with Gasteiger partial charge in [0, 0.05) is 35.7 Å². The number of hydrogen-bond donors (Lipinski definition) is 1. The Hall–Kier alpha value is -2.88. The molecule has 0 saturated heterocycles. The van der Waals surface area contributed by atoms with Crippen LogP contribution in [0.25, 0.3) is 10.9 Å². The molecule has 0 fully saturated rings. The summed E-state index contributed by atoms with van der Waals surface area (Å²) >= 11 is 0. The average molecular weight is 320 g/mol. The second kappa shape index (κ2) is 7.13. The summed E-state index contributed by atoms with van der Waals surface area (Å²) < 4.78 is 5.88. The smallest absolute Gasteiger partial charge is 0.219 e. The first-order valence-corrected chi connectivity index (χ1v) is 8.02. The summed E-state index contributed by atoms with van der Waals surface area (Å²) in [6, 6.07) is 17.8. The van der Waals surface area contributed by atoms with Crippen molar-refractivity contribution in [1.82, 2.24) is 4.98 Å². The first-order chi connectivity index (χ1) is 11.6. The molecule has 1 aromatic heterocycles. The molecule has 0 atom stereocenters. The van der Waals surface area contributed by atoms with Crippen molar-refractivity contribution in [3.05, 3.63) is 60.2 Å². The van der Waals surface area contributed by atoms with Crippen molar-refractivity contribution in [3.63, 3.8) is 0 Å². The van der Waals surface area contributed by atoms with E-state index in [1.165, 1.54) is 0 Å². The summed E-state index contributed by atoms with van der Waals surface area (Å²) in [5.41, 5.74) is 2.85. The standard InChI is InChI=1S/C20H20N2O2/c1-14(2)21-17-4-3-5-18(13-17)24-20-9-7-16-12-15(10-11-23)6-8-19(16)22-20/h3-9,11-14,21H,10H2,1-2H3. The third-order valence-electron chi connectivity index (χ3n) is 3.56. The molecule has 4 heteroatoms. The first kappa shape index (κ1) is 16.0. The van der Waals surface area contributed by atoms with Gasteiger partial charge in [-0.1, -0.05) is 12.1 Å². The Labute approximate surface area is 141 Å². The van der Waals surface area contributed by atoms with E-state index in [0.29, 0.717) is 18.3 Å². The number of carbonyl (C=O) groups is 1. The van der Waals surface area contributed by atoms with Crippen molar-refractivity contribution in [2.24, 2.45) is 0 Å². The number of aldehydes is 1. The lowest BCUT2D eigenvalue weighted by atomic mass is 10.1. The lowest BCUT2D eigenvalue weighted by Gasteiger charge is -2.12. The van der Waals surface area contributed by atoms with Crippen molar-refractivity contribution in [2.45, 2.75) is 26.3 Å². The van der Waals surface area contributed by atoms with Crippen molar-refractivity contribution >= 4 is 22.9 Å². The number of hydrogen-bond acceptors (Lipinski definition) is 4. The Balaban J connectivity index is 1.82. The fourth-order valence-corrected chi connectivity index (χ4v) is 2.54. The second-order valence-corrected chi connectivity index (χ2v) is 5.98. The Morgan fingerprint density at radius 1 is 1.12 bits per heavy atom. The molecule has 0 saturated carbocycles. The maximum absolute atomic E-state index is 10.6. The lowest BCUT2D eigenvalue weighted by Crippen LogP contribution is -2.09. The van der Waals surface area contributed by atoms with E-state index in [4.69, 9.17) is 4.74 Å². The minimum Gasteiger partial charge on any atom is -0.439 e. The highest BCUT2D eigenvalue weighted by Crippen LogP contribution is 2.25. The third-order valence-corrected chi connectivity index (χ3v) is 3.56. The highest BCUT2D eigenvalue weighted by Gasteiger charge is 2.04. The number of ether oxygens (including phenoxy) is 1. The Kier molecular flexibility index (Phi) is 4.75. The van der Waals surface area contributed by atoms with Gasteiger partial charge in [0.25, 0.3) is 0 Å². The number of nitrogens with one attached hydrogen (secondary N) is 1. The van der Waals surface area contributed by atoms with Crippen LogP contribution in [-0.4, -0.2) is 17.3 Å². The van der Waals surface area contributed by atoms with Gasteiger partial charge in [-0.2, -0.15) is 0 Å². The Morgan fingerprint density at radius 3 is 2.79 bits per heavy atom. The average Bonchev–Trinajstić information content (AvgIpc) is 2.55. The quantitative estimate of drug-likeness (QED) is 0.675. The minimum absolute atomic E-state index is 0.361. The highest BCUT2D eigenvalue weighted by molar-refractivity contribution is 5.80. The number of fused-ring (bicyclic) bond motifs is 1. The van der Waals surface area contributed by atoms with E-state index in [1.54, 1.807) is 0 Å². The molecule has 0 spiro atoms. The molecule has 0 aliphatic heterocycles. The van der Waals surface area contributed by atoms with Crippen molar-refractivity contribution < 1.29 is 9.53 Å². The van der Waals surface area contributed by atoms with Crippen LogP contribution in [0, 0.1) is 0 Å². The number of rotatable bonds is 6. The van der Waals surface area contributed by atoms with Crippen LogP contribution in [0.4, 0.5) is 5.69 Å². The largest absolute Gasteiger partial charge is 0.439 e. The Morgan fingerprint density at radius 2 is 2.00 bits per heavy atom. The molecular weight excluding hydrogens is 300 g/mol. The van der Waals surface area contributed by atoms with E-state index in [0.717, 1.165) is 34.2 Å². The first-order valence-electron chi connectivity index (χ1n) is 8.02. The maximum Gasteiger partial charge on any atom is 0.219 e. The molecule has 0 aliphatic carbocycles. The number of nitrogens with zero attached hydrogens (tertiary/aromatic N) is 1. The summed E-state index contributed by atoms with van der Waals surface area (Å²) in [7, 11) is 0. The predicted octanol–water partition coefficient (Wildman–Crippen LogP) is 4.59. The fraction of sp³-hybridized carbons (Fsp3) is 0.200. The van der Waals surface area contributed by atoms with Crippen LogP contribution in [-0.2, 0) is 11.2 Å². The topological polar surface area (TPSA) is 51.2 Å². The van der Waals surface area contributed by atoms with Gasteiger partial charge in [-0.25, -0.2) is 4.98 Å². The van der Waals surface area contributed by atoms with Gasteiger partial charge in [-0.05, 0) is 49.7 Å². The minimum atomic E-state index is 0.361. The summed E-state index contributed by atoms with van der Waals surface area (Å²) in [5.74, 6) is 1.29. The molecule has 3 aromatic rings. The van der Waals surface area contributed by atoms with E-state index < -0.39 is 0 Å². The van der Waals surface area contributed by atoms with Gasteiger partial charge in [0.2, 0.25) is 5.88 Å². The number of benzene rings is 2. The monoisotopic (exact) mass is 320 g/mol. The number of carbonyl (C=O) groups excluding carboxylic acids is 1. The maximum atomic E-state index is 10.6. The summed E-state index contributed by atoms with van der Waals surface area (Å²) in [4.78, 5) is 15.2. The zero-order chi connectivity index (χ0) is 16.9. The third kappa shape index (κ3) is 3.90. The highest BCUT2D eigenvalue weighted by atomic mass is 16.5. The van der Waals surface area contributed by atoms with Crippen LogP contribution in [0.15, 0.2) is 54.6 Å². The predicted molar refractivity (Wildman–Crippen MR) is 96.8 cm³/mol. The van der Waals surface area contributed by atoms with Crippen LogP contribution < -0.4 is 10.1 Å². The second-order valence-electron chi connectivity index (χ2n) is 5.98. The normalized spacial score (nSPS) is 10.8. The summed E-state index contributed by atoms with van der Waals surface area (Å²) in [6.45, 7) is 4.19. The summed E-state index contributed by atoms with van der Waals surface area (Å²) in [5, 5.41) is 4.35. The van der Waals surface area contributed by atoms with Crippen LogP contribution in [0.3, 0.4) is 0 Å². The van der Waals surface area contributed by atoms with E-state index in [1.807, 2.05) is 54.6 Å². The van der Waals surface area contributed by atoms with E-state index in [2.05, 4.69) is 24.1 Å². The molecule has 1 N–H and O–H groups in total. The van der Waals surface area contributed by atoms with Gasteiger partial charge in [0.1, 0.15) is 12.0 Å². The molecule has 0 amide bonds. The zero-order valence-electron chi connectivity index (χ0n) is 13.8. The van der Waals surface area contributed by atoms with Gasteiger partial charge in [-0.15, -0.1) is 0 Å². The van der Waals surface area contributed by atoms with Gasteiger partial charge < -0.3 is 14.8 Å². The molecule has 0 bridgehead atoms. The van der Waals surface area contributed by atoms with Gasteiger partial charge in [0.15, 0.2) is 0 Å². The van der Waals surface area contributed by atoms with Crippen molar-refractivity contribution in [1.29, 1.82) is 0 Å². The molecule has 0 aliphatic rings. The van der Waals surface area contributed by atoms with E-state index >= 15 is 0 Å². The Bertz CT molecular complexity index is 859. The molecular formula is C20H20N2O2. The van der Waals surface area contributed by atoms with E-state index in [-0.39, 0.29) is 0 Å². The molecule has 122 valence electrons. The molecule has 3 rings (SSSR count). The van der Waals surface area contributed by atoms with Gasteiger partial charge >= 0.3 is 0 Å². The molecule has 24 heavy (non-hydrogen) atoms. The molecule has 0 radical (unpaired) electrons. The van der Waals surface area contributed by atoms with E-state index in [9.17, 15) is 4.79 Å². The molecule has 2 aromatic carbocycles. The van der Waals surface area contributed by atoms with Crippen LogP contribution in [0.2, 0.25) is 0 Å². The van der Waals surface area contributed by atoms with Gasteiger partial charge in [0.05, 0.1) is 5.52 Å². The van der Waals surface area contributed by atoms with Crippen LogP contribution in [0.1, 0.15) is 19.4 Å². The fourth-order valence-electron chi connectivity index (χ4n) is 2.54.